The van der Waals surface area contributed by atoms with Crippen LogP contribution in [-0.4, -0.2) is 47.4 Å². The summed E-state index contributed by atoms with van der Waals surface area (Å²) in [6.45, 7) is 10.2. The number of rotatable bonds is 4. The Hall–Kier alpha value is -1.85. The summed E-state index contributed by atoms with van der Waals surface area (Å²) >= 11 is 5.74. The molecule has 0 N–H and O–H groups in total. The first-order valence-electron chi connectivity index (χ1n) is 8.41. The van der Waals surface area contributed by atoms with E-state index in [1.807, 2.05) is 19.1 Å². The van der Waals surface area contributed by atoms with Gasteiger partial charge in [0.25, 0.3) is 0 Å². The number of aromatic nitrogens is 1. The smallest absolute Gasteiger partial charge is 0.119 e. The lowest BCUT2D eigenvalue weighted by Gasteiger charge is -2.29. The lowest BCUT2D eigenvalue weighted by atomic mass is 10.2. The minimum atomic E-state index is 0.679. The van der Waals surface area contributed by atoms with Gasteiger partial charge in [-0.2, -0.15) is 0 Å². The maximum absolute atomic E-state index is 5.74. The van der Waals surface area contributed by atoms with Crippen molar-refractivity contribution in [2.45, 2.75) is 20.8 Å². The number of ether oxygens (including phenoxy) is 2. The summed E-state index contributed by atoms with van der Waals surface area (Å²) < 4.78 is 13.2. The topological polar surface area (TPSA) is 26.6 Å². The van der Waals surface area contributed by atoms with E-state index in [2.05, 4.69) is 41.5 Å². The first-order chi connectivity index (χ1) is 11.6. The first kappa shape index (κ1) is 17.0. The van der Waals surface area contributed by atoms with Crippen LogP contribution in [-0.2, 0) is 4.74 Å². The van der Waals surface area contributed by atoms with E-state index in [0.29, 0.717) is 6.61 Å². The predicted octanol–water partition coefficient (Wildman–Crippen LogP) is 3.50. The highest BCUT2D eigenvalue weighted by Crippen LogP contribution is 2.24. The Balaban J connectivity index is 1.89. The van der Waals surface area contributed by atoms with Gasteiger partial charge in [-0.05, 0) is 51.1 Å². The van der Waals surface area contributed by atoms with Gasteiger partial charge in [0.2, 0.25) is 0 Å². The van der Waals surface area contributed by atoms with Crippen LogP contribution in [0.3, 0.4) is 0 Å². The zero-order chi connectivity index (χ0) is 17.1. The molecule has 1 saturated heterocycles. The van der Waals surface area contributed by atoms with Crippen LogP contribution in [0.1, 0.15) is 23.9 Å². The molecule has 2 aromatic rings. The molecular formula is C19H24N2O2S. The Bertz CT molecular complexity index is 716. The molecular weight excluding hydrogens is 320 g/mol. The van der Waals surface area contributed by atoms with Gasteiger partial charge in [0, 0.05) is 35.7 Å². The SMILES string of the molecule is CCOc1ccc(-n2c(C)cc(C(=S)N3CCOCC3)c2C)cc1. The van der Waals surface area contributed by atoms with Gasteiger partial charge in [0.15, 0.2) is 0 Å². The van der Waals surface area contributed by atoms with Crippen LogP contribution in [0.2, 0.25) is 0 Å². The van der Waals surface area contributed by atoms with E-state index in [0.717, 1.165) is 48.3 Å². The van der Waals surface area contributed by atoms with Crippen molar-refractivity contribution < 1.29 is 9.47 Å². The monoisotopic (exact) mass is 344 g/mol. The van der Waals surface area contributed by atoms with Crippen molar-refractivity contribution in [1.29, 1.82) is 0 Å². The summed E-state index contributed by atoms with van der Waals surface area (Å²) in [6.07, 6.45) is 0. The highest BCUT2D eigenvalue weighted by Gasteiger charge is 2.20. The molecule has 4 nitrogen and oxygen atoms in total. The number of aryl methyl sites for hydroxylation is 1. The van der Waals surface area contributed by atoms with Crippen LogP contribution < -0.4 is 4.74 Å². The standard InChI is InChI=1S/C19H24N2O2S/c1-4-23-17-7-5-16(6-8-17)21-14(2)13-18(15(21)3)19(24)20-9-11-22-12-10-20/h5-8,13H,4,9-12H2,1-3H3. The Labute approximate surface area is 149 Å². The summed E-state index contributed by atoms with van der Waals surface area (Å²) in [4.78, 5) is 3.16. The molecule has 1 aromatic heterocycles. The van der Waals surface area contributed by atoms with Crippen molar-refractivity contribution in [1.82, 2.24) is 9.47 Å². The van der Waals surface area contributed by atoms with Crippen molar-refractivity contribution in [3.63, 3.8) is 0 Å². The second-order valence-electron chi connectivity index (χ2n) is 5.95. The van der Waals surface area contributed by atoms with Gasteiger partial charge < -0.3 is 18.9 Å². The zero-order valence-corrected chi connectivity index (χ0v) is 15.4. The average Bonchev–Trinajstić information content (AvgIpc) is 2.91. The lowest BCUT2D eigenvalue weighted by Crippen LogP contribution is -2.40. The number of nitrogens with zero attached hydrogens (tertiary/aromatic N) is 2. The molecule has 1 aliphatic rings. The van der Waals surface area contributed by atoms with E-state index in [9.17, 15) is 0 Å². The third-order valence-electron chi connectivity index (χ3n) is 4.37. The molecule has 0 aliphatic carbocycles. The van der Waals surface area contributed by atoms with Crippen molar-refractivity contribution in [2.24, 2.45) is 0 Å². The quantitative estimate of drug-likeness (QED) is 0.793. The molecule has 0 atom stereocenters. The van der Waals surface area contributed by atoms with Gasteiger partial charge >= 0.3 is 0 Å². The number of thiocarbonyl (C=S) groups is 1. The van der Waals surface area contributed by atoms with Gasteiger partial charge in [-0.1, -0.05) is 12.2 Å². The molecule has 1 aliphatic heterocycles. The lowest BCUT2D eigenvalue weighted by molar-refractivity contribution is 0.0692. The van der Waals surface area contributed by atoms with Crippen molar-refractivity contribution in [3.05, 3.63) is 47.3 Å². The minimum absolute atomic E-state index is 0.679. The second kappa shape index (κ2) is 7.36. The fraction of sp³-hybridized carbons (Fsp3) is 0.421. The average molecular weight is 344 g/mol. The Morgan fingerprint density at radius 3 is 2.46 bits per heavy atom. The Kier molecular flexibility index (Phi) is 5.21. The molecule has 0 amide bonds. The molecule has 2 heterocycles. The maximum atomic E-state index is 5.74. The number of hydrogen-bond acceptors (Lipinski definition) is 3. The summed E-state index contributed by atoms with van der Waals surface area (Å²) in [7, 11) is 0. The van der Waals surface area contributed by atoms with E-state index in [-0.39, 0.29) is 0 Å². The Morgan fingerprint density at radius 2 is 1.83 bits per heavy atom. The summed E-state index contributed by atoms with van der Waals surface area (Å²) in [6, 6.07) is 10.4. The first-order valence-corrected chi connectivity index (χ1v) is 8.82. The Morgan fingerprint density at radius 1 is 1.17 bits per heavy atom. The molecule has 0 spiro atoms. The van der Waals surface area contributed by atoms with Crippen molar-refractivity contribution in [2.75, 3.05) is 32.9 Å². The summed E-state index contributed by atoms with van der Waals surface area (Å²) in [5, 5.41) is 0. The van der Waals surface area contributed by atoms with Crippen LogP contribution in [0.4, 0.5) is 0 Å². The minimum Gasteiger partial charge on any atom is -0.494 e. The molecule has 5 heteroatoms. The number of benzene rings is 1. The zero-order valence-electron chi connectivity index (χ0n) is 14.5. The third kappa shape index (κ3) is 3.32. The van der Waals surface area contributed by atoms with Gasteiger partial charge in [-0.25, -0.2) is 0 Å². The highest BCUT2D eigenvalue weighted by molar-refractivity contribution is 7.80. The van der Waals surface area contributed by atoms with E-state index < -0.39 is 0 Å². The highest BCUT2D eigenvalue weighted by atomic mass is 32.1. The van der Waals surface area contributed by atoms with Crippen LogP contribution in [0.15, 0.2) is 30.3 Å². The fourth-order valence-electron chi connectivity index (χ4n) is 3.17. The predicted molar refractivity (Wildman–Crippen MR) is 101 cm³/mol. The van der Waals surface area contributed by atoms with Crippen LogP contribution >= 0.6 is 12.2 Å². The van der Waals surface area contributed by atoms with Gasteiger partial charge in [-0.3, -0.25) is 0 Å². The maximum Gasteiger partial charge on any atom is 0.119 e. The van der Waals surface area contributed by atoms with Gasteiger partial charge in [-0.15, -0.1) is 0 Å². The van der Waals surface area contributed by atoms with Gasteiger partial charge in [0.1, 0.15) is 10.7 Å². The van der Waals surface area contributed by atoms with Crippen molar-refractivity contribution >= 4 is 17.2 Å². The van der Waals surface area contributed by atoms with Crippen LogP contribution in [0.5, 0.6) is 5.75 Å². The van der Waals surface area contributed by atoms with Crippen LogP contribution in [0, 0.1) is 13.8 Å². The molecule has 128 valence electrons. The van der Waals surface area contributed by atoms with E-state index in [1.54, 1.807) is 0 Å². The fourth-order valence-corrected chi connectivity index (χ4v) is 3.56. The largest absolute Gasteiger partial charge is 0.494 e. The van der Waals surface area contributed by atoms with E-state index in [1.165, 1.54) is 11.4 Å². The molecule has 0 radical (unpaired) electrons. The van der Waals surface area contributed by atoms with E-state index in [4.69, 9.17) is 21.7 Å². The number of morpholine rings is 1. The molecule has 1 fully saturated rings. The van der Waals surface area contributed by atoms with Crippen LogP contribution in [0.25, 0.3) is 5.69 Å². The van der Waals surface area contributed by atoms with Gasteiger partial charge in [0.05, 0.1) is 19.8 Å². The molecule has 1 aromatic carbocycles. The summed E-state index contributed by atoms with van der Waals surface area (Å²) in [5.41, 5.74) is 4.62. The summed E-state index contributed by atoms with van der Waals surface area (Å²) in [5.74, 6) is 0.896. The van der Waals surface area contributed by atoms with E-state index >= 15 is 0 Å². The third-order valence-corrected chi connectivity index (χ3v) is 4.84. The molecule has 3 rings (SSSR count). The molecule has 24 heavy (non-hydrogen) atoms. The normalized spacial score (nSPS) is 14.7. The molecule has 0 bridgehead atoms. The number of hydrogen-bond donors (Lipinski definition) is 0. The second-order valence-corrected chi connectivity index (χ2v) is 6.34. The van der Waals surface area contributed by atoms with Crippen molar-refractivity contribution in [3.8, 4) is 11.4 Å². The molecule has 0 saturated carbocycles. The molecule has 0 unspecified atom stereocenters.